The number of aromatic nitrogens is 2. The van der Waals surface area contributed by atoms with E-state index in [-0.39, 0.29) is 13.1 Å². The standard InChI is InChI=1S/C20H25BrN2O5/c1-12(2)16(24)11-23-19(25)14-8-17(27-4)18(28-5)9-15(14)22(20(23)26)7-6-13(3)10-21/h6,8-9,16,24H,1,7,10-11H2,2-5H3/b13-6+. The van der Waals surface area contributed by atoms with Crippen LogP contribution in [0.5, 0.6) is 11.5 Å². The zero-order valence-corrected chi connectivity index (χ0v) is 18.1. The van der Waals surface area contributed by atoms with Crippen LogP contribution < -0.4 is 20.7 Å². The molecule has 1 aromatic carbocycles. The molecule has 1 aromatic heterocycles. The Morgan fingerprint density at radius 1 is 1.21 bits per heavy atom. The molecule has 0 spiro atoms. The Morgan fingerprint density at radius 3 is 2.36 bits per heavy atom. The predicted molar refractivity (Wildman–Crippen MR) is 114 cm³/mol. The van der Waals surface area contributed by atoms with Gasteiger partial charge in [-0.15, -0.1) is 0 Å². The Balaban J connectivity index is 2.85. The highest BCUT2D eigenvalue weighted by Crippen LogP contribution is 2.30. The lowest BCUT2D eigenvalue weighted by Crippen LogP contribution is -2.42. The molecular weight excluding hydrogens is 428 g/mol. The minimum atomic E-state index is -1.00. The summed E-state index contributed by atoms with van der Waals surface area (Å²) >= 11 is 3.38. The van der Waals surface area contributed by atoms with E-state index < -0.39 is 17.4 Å². The number of halogens is 1. The molecule has 0 bridgehead atoms. The van der Waals surface area contributed by atoms with Crippen LogP contribution in [-0.4, -0.2) is 39.9 Å². The van der Waals surface area contributed by atoms with Gasteiger partial charge in [0.1, 0.15) is 0 Å². The van der Waals surface area contributed by atoms with E-state index in [0.717, 1.165) is 10.1 Å². The van der Waals surface area contributed by atoms with E-state index in [0.29, 0.717) is 33.3 Å². The molecule has 1 atom stereocenters. The first-order valence-corrected chi connectivity index (χ1v) is 9.81. The molecule has 1 unspecified atom stereocenters. The number of hydrogen-bond acceptors (Lipinski definition) is 5. The number of nitrogens with zero attached hydrogens (tertiary/aromatic N) is 2. The summed E-state index contributed by atoms with van der Waals surface area (Å²) in [5, 5.41) is 11.1. The Morgan fingerprint density at radius 2 is 1.82 bits per heavy atom. The molecule has 8 heteroatoms. The summed E-state index contributed by atoms with van der Waals surface area (Å²) in [4.78, 5) is 26.1. The van der Waals surface area contributed by atoms with Crippen LogP contribution >= 0.6 is 15.9 Å². The maximum atomic E-state index is 13.1. The maximum Gasteiger partial charge on any atom is 0.331 e. The van der Waals surface area contributed by atoms with E-state index in [1.807, 2.05) is 13.0 Å². The molecule has 0 aliphatic heterocycles. The molecule has 7 nitrogen and oxygen atoms in total. The minimum absolute atomic E-state index is 0.168. The van der Waals surface area contributed by atoms with Crippen LogP contribution in [0.4, 0.5) is 0 Å². The molecule has 0 aliphatic rings. The third kappa shape index (κ3) is 4.39. The monoisotopic (exact) mass is 452 g/mol. The Hall–Kier alpha value is -2.32. The first-order valence-electron chi connectivity index (χ1n) is 8.69. The van der Waals surface area contributed by atoms with Crippen molar-refractivity contribution in [2.24, 2.45) is 0 Å². The molecule has 0 amide bonds. The molecule has 0 aliphatic carbocycles. The van der Waals surface area contributed by atoms with E-state index in [9.17, 15) is 14.7 Å². The Bertz CT molecular complexity index is 1040. The fourth-order valence-corrected chi connectivity index (χ4v) is 2.94. The van der Waals surface area contributed by atoms with Crippen molar-refractivity contribution in [3.63, 3.8) is 0 Å². The normalized spacial score (nSPS) is 12.9. The van der Waals surface area contributed by atoms with Gasteiger partial charge in [-0.1, -0.05) is 39.7 Å². The van der Waals surface area contributed by atoms with Crippen LogP contribution in [-0.2, 0) is 13.1 Å². The van der Waals surface area contributed by atoms with Crippen LogP contribution in [0.1, 0.15) is 13.8 Å². The van der Waals surface area contributed by atoms with Gasteiger partial charge in [0.25, 0.3) is 5.56 Å². The second kappa shape index (κ2) is 9.25. The van der Waals surface area contributed by atoms with E-state index in [1.54, 1.807) is 19.1 Å². The number of rotatable bonds is 8. The highest BCUT2D eigenvalue weighted by molar-refractivity contribution is 9.09. The van der Waals surface area contributed by atoms with E-state index >= 15 is 0 Å². The highest BCUT2D eigenvalue weighted by Gasteiger charge is 2.18. The van der Waals surface area contributed by atoms with Crippen molar-refractivity contribution < 1.29 is 14.6 Å². The van der Waals surface area contributed by atoms with Crippen molar-refractivity contribution in [1.29, 1.82) is 0 Å². The molecule has 0 saturated carbocycles. The van der Waals surface area contributed by atoms with Crippen LogP contribution in [0.25, 0.3) is 10.9 Å². The van der Waals surface area contributed by atoms with Gasteiger partial charge >= 0.3 is 5.69 Å². The number of benzene rings is 1. The average molecular weight is 453 g/mol. The SMILES string of the molecule is C=C(C)C(O)Cn1c(=O)c2cc(OC)c(OC)cc2n(C/C=C(\C)CBr)c1=O. The minimum Gasteiger partial charge on any atom is -0.493 e. The van der Waals surface area contributed by atoms with E-state index in [1.165, 1.54) is 18.8 Å². The van der Waals surface area contributed by atoms with Gasteiger partial charge in [-0.3, -0.25) is 13.9 Å². The third-order valence-corrected chi connectivity index (χ3v) is 5.37. The molecule has 152 valence electrons. The van der Waals surface area contributed by atoms with Crippen molar-refractivity contribution in [1.82, 2.24) is 9.13 Å². The molecule has 0 fully saturated rings. The summed E-state index contributed by atoms with van der Waals surface area (Å²) in [5.74, 6) is 0.806. The smallest absolute Gasteiger partial charge is 0.331 e. The molecule has 2 rings (SSSR count). The fraction of sp³-hybridized carbons (Fsp3) is 0.400. The lowest BCUT2D eigenvalue weighted by Gasteiger charge is -2.17. The second-order valence-electron chi connectivity index (χ2n) is 6.58. The number of aliphatic hydroxyl groups is 1. The molecule has 0 saturated heterocycles. The summed E-state index contributed by atoms with van der Waals surface area (Å²) in [6.45, 7) is 7.37. The quantitative estimate of drug-likeness (QED) is 0.491. The topological polar surface area (TPSA) is 82.7 Å². The number of alkyl halides is 1. The van der Waals surface area contributed by atoms with Gasteiger partial charge in [-0.05, 0) is 19.9 Å². The van der Waals surface area contributed by atoms with Gasteiger partial charge in [-0.2, -0.15) is 0 Å². The second-order valence-corrected chi connectivity index (χ2v) is 7.14. The highest BCUT2D eigenvalue weighted by atomic mass is 79.9. The van der Waals surface area contributed by atoms with Crippen LogP contribution in [0.2, 0.25) is 0 Å². The van der Waals surface area contributed by atoms with Gasteiger partial charge in [-0.25, -0.2) is 4.79 Å². The largest absolute Gasteiger partial charge is 0.493 e. The number of hydrogen-bond donors (Lipinski definition) is 1. The number of fused-ring (bicyclic) bond motifs is 1. The van der Waals surface area contributed by atoms with Crippen molar-refractivity contribution in [3.05, 3.63) is 56.8 Å². The van der Waals surface area contributed by atoms with Gasteiger partial charge in [0, 0.05) is 17.9 Å². The van der Waals surface area contributed by atoms with E-state index in [2.05, 4.69) is 22.5 Å². The number of allylic oxidation sites excluding steroid dienone is 2. The summed E-state index contributed by atoms with van der Waals surface area (Å²) in [6.07, 6.45) is 0.896. The first-order chi connectivity index (χ1) is 13.2. The Kier molecular flexibility index (Phi) is 7.26. The molecule has 2 aromatic rings. The van der Waals surface area contributed by atoms with Gasteiger partial charge in [0.15, 0.2) is 11.5 Å². The number of ether oxygens (including phenoxy) is 2. The summed E-state index contributed by atoms with van der Waals surface area (Å²) < 4.78 is 13.1. The molecule has 28 heavy (non-hydrogen) atoms. The third-order valence-electron chi connectivity index (χ3n) is 4.49. The summed E-state index contributed by atoms with van der Waals surface area (Å²) in [7, 11) is 2.97. The molecule has 0 radical (unpaired) electrons. The van der Waals surface area contributed by atoms with Crippen LogP contribution in [0.3, 0.4) is 0 Å². The van der Waals surface area contributed by atoms with E-state index in [4.69, 9.17) is 9.47 Å². The van der Waals surface area contributed by atoms with Crippen molar-refractivity contribution in [2.75, 3.05) is 19.5 Å². The first kappa shape index (κ1) is 22.0. The lowest BCUT2D eigenvalue weighted by atomic mass is 10.1. The van der Waals surface area contributed by atoms with Gasteiger partial charge in [0.05, 0.1) is 37.8 Å². The lowest BCUT2D eigenvalue weighted by molar-refractivity contribution is 0.185. The van der Waals surface area contributed by atoms with Gasteiger partial charge in [0.2, 0.25) is 0 Å². The zero-order chi connectivity index (χ0) is 21.0. The van der Waals surface area contributed by atoms with Crippen molar-refractivity contribution in [3.8, 4) is 11.5 Å². The molecule has 1 N–H and O–H groups in total. The van der Waals surface area contributed by atoms with Crippen molar-refractivity contribution in [2.45, 2.75) is 33.0 Å². The van der Waals surface area contributed by atoms with Crippen LogP contribution in [0, 0.1) is 0 Å². The molecule has 1 heterocycles. The zero-order valence-electron chi connectivity index (χ0n) is 16.5. The average Bonchev–Trinajstić information content (AvgIpc) is 2.69. The molecular formula is C20H25BrN2O5. The van der Waals surface area contributed by atoms with Crippen molar-refractivity contribution >= 4 is 26.8 Å². The fourth-order valence-electron chi connectivity index (χ4n) is 2.71. The predicted octanol–water partition coefficient (Wildman–Crippen LogP) is 2.46. The van der Waals surface area contributed by atoms with Gasteiger partial charge < -0.3 is 14.6 Å². The Labute approximate surface area is 171 Å². The summed E-state index contributed by atoms with van der Waals surface area (Å²) in [5.41, 5.74) is 0.940. The number of methoxy groups -OCH3 is 2. The maximum absolute atomic E-state index is 13.1. The summed E-state index contributed by atoms with van der Waals surface area (Å²) in [6, 6.07) is 3.17. The van der Waals surface area contributed by atoms with Crippen LogP contribution in [0.15, 0.2) is 45.5 Å². The number of aliphatic hydroxyl groups excluding tert-OH is 1.